The summed E-state index contributed by atoms with van der Waals surface area (Å²) >= 11 is 0. The third-order valence-electron chi connectivity index (χ3n) is 4.44. The monoisotopic (exact) mass is 270 g/mol. The zero-order valence-corrected chi connectivity index (χ0v) is 11.1. The number of carbonyl (C=O) groups is 1. The van der Waals surface area contributed by atoms with Crippen molar-refractivity contribution in [3.8, 4) is 0 Å². The van der Waals surface area contributed by atoms with Crippen LogP contribution in [0.3, 0.4) is 0 Å². The van der Waals surface area contributed by atoms with Crippen LogP contribution in [-0.2, 0) is 0 Å². The standard InChI is InChI=1S/C19H10O2/c20-15-9-16(21)14-8-12-3-1-2-10-4-5-11-6-7-13(15)19(14)18(11)17(10)12/h1-9,21H. The highest BCUT2D eigenvalue weighted by Gasteiger charge is 2.23. The molecular weight excluding hydrogens is 260 g/mol. The van der Waals surface area contributed by atoms with E-state index in [0.717, 1.165) is 37.9 Å². The second-order valence-electron chi connectivity index (χ2n) is 5.55. The van der Waals surface area contributed by atoms with Gasteiger partial charge in [0.25, 0.3) is 0 Å². The van der Waals surface area contributed by atoms with Crippen LogP contribution in [0.5, 0.6) is 0 Å². The van der Waals surface area contributed by atoms with Crippen molar-refractivity contribution in [3.05, 3.63) is 65.7 Å². The van der Waals surface area contributed by atoms with Crippen LogP contribution in [0, 0.1) is 0 Å². The zero-order chi connectivity index (χ0) is 14.1. The van der Waals surface area contributed by atoms with Crippen LogP contribution in [0.15, 0.2) is 54.6 Å². The van der Waals surface area contributed by atoms with Crippen molar-refractivity contribution in [2.45, 2.75) is 0 Å². The van der Waals surface area contributed by atoms with Crippen molar-refractivity contribution in [2.75, 3.05) is 0 Å². The molecule has 0 aromatic heterocycles. The molecule has 0 saturated carbocycles. The Morgan fingerprint density at radius 1 is 0.714 bits per heavy atom. The molecule has 0 spiro atoms. The minimum atomic E-state index is -0.127. The lowest BCUT2D eigenvalue weighted by Crippen LogP contribution is -2.06. The lowest BCUT2D eigenvalue weighted by Gasteiger charge is -2.19. The molecule has 0 fully saturated rings. The Hall–Kier alpha value is -2.87. The number of aliphatic hydroxyl groups is 1. The molecule has 21 heavy (non-hydrogen) atoms. The molecule has 1 aliphatic rings. The van der Waals surface area contributed by atoms with Crippen molar-refractivity contribution >= 4 is 43.9 Å². The number of aliphatic hydroxyl groups excluding tert-OH is 1. The van der Waals surface area contributed by atoms with Gasteiger partial charge in [0, 0.05) is 22.6 Å². The quantitative estimate of drug-likeness (QED) is 0.471. The average Bonchev–Trinajstić information content (AvgIpc) is 2.50. The third-order valence-corrected chi connectivity index (χ3v) is 4.44. The van der Waals surface area contributed by atoms with E-state index < -0.39 is 0 Å². The van der Waals surface area contributed by atoms with E-state index in [1.165, 1.54) is 6.08 Å². The van der Waals surface area contributed by atoms with Crippen LogP contribution >= 0.6 is 0 Å². The van der Waals surface area contributed by atoms with E-state index in [4.69, 9.17) is 0 Å². The molecule has 0 saturated heterocycles. The minimum Gasteiger partial charge on any atom is -0.507 e. The zero-order valence-electron chi connectivity index (χ0n) is 11.1. The van der Waals surface area contributed by atoms with E-state index in [9.17, 15) is 9.90 Å². The molecule has 0 bridgehead atoms. The van der Waals surface area contributed by atoms with Crippen LogP contribution in [0.1, 0.15) is 15.9 Å². The van der Waals surface area contributed by atoms with Crippen molar-refractivity contribution in [1.29, 1.82) is 0 Å². The molecule has 2 heteroatoms. The Balaban J connectivity index is 2.22. The summed E-state index contributed by atoms with van der Waals surface area (Å²) in [7, 11) is 0. The predicted octanol–water partition coefficient (Wildman–Crippen LogP) is 4.68. The van der Waals surface area contributed by atoms with Crippen LogP contribution in [0.25, 0.3) is 38.1 Å². The topological polar surface area (TPSA) is 37.3 Å². The van der Waals surface area contributed by atoms with E-state index in [1.807, 2.05) is 30.3 Å². The molecule has 0 atom stereocenters. The Morgan fingerprint density at radius 2 is 1.43 bits per heavy atom. The van der Waals surface area contributed by atoms with Crippen molar-refractivity contribution in [2.24, 2.45) is 0 Å². The average molecular weight is 270 g/mol. The summed E-state index contributed by atoms with van der Waals surface area (Å²) in [6.45, 7) is 0. The van der Waals surface area contributed by atoms with E-state index >= 15 is 0 Å². The van der Waals surface area contributed by atoms with Gasteiger partial charge in [-0.1, -0.05) is 36.4 Å². The number of carbonyl (C=O) groups excluding carboxylic acids is 1. The fourth-order valence-electron chi connectivity index (χ4n) is 3.54. The molecule has 5 rings (SSSR count). The third kappa shape index (κ3) is 1.20. The van der Waals surface area contributed by atoms with Crippen LogP contribution in [0.2, 0.25) is 0 Å². The van der Waals surface area contributed by atoms with E-state index in [-0.39, 0.29) is 11.5 Å². The summed E-state index contributed by atoms with van der Waals surface area (Å²) in [5.41, 5.74) is 1.43. The Kier molecular flexibility index (Phi) is 1.77. The SMILES string of the molecule is O=C1C=C(O)c2cc3cccc4ccc5ccc1c2c5c43. The van der Waals surface area contributed by atoms with E-state index in [2.05, 4.69) is 18.2 Å². The summed E-state index contributed by atoms with van der Waals surface area (Å²) in [4.78, 5) is 12.2. The Morgan fingerprint density at radius 3 is 2.29 bits per heavy atom. The second-order valence-corrected chi connectivity index (χ2v) is 5.55. The predicted molar refractivity (Wildman–Crippen MR) is 85.1 cm³/mol. The van der Waals surface area contributed by atoms with Gasteiger partial charge in [0.2, 0.25) is 0 Å². The Labute approximate surface area is 120 Å². The van der Waals surface area contributed by atoms with Gasteiger partial charge in [0.05, 0.1) is 0 Å². The first-order valence-corrected chi connectivity index (χ1v) is 6.90. The van der Waals surface area contributed by atoms with Gasteiger partial charge in [-0.2, -0.15) is 0 Å². The fourth-order valence-corrected chi connectivity index (χ4v) is 3.54. The van der Waals surface area contributed by atoms with Crippen LogP contribution in [-0.4, -0.2) is 10.9 Å². The summed E-state index contributed by atoms with van der Waals surface area (Å²) in [5, 5.41) is 16.7. The van der Waals surface area contributed by atoms with Gasteiger partial charge < -0.3 is 5.11 Å². The first kappa shape index (κ1) is 10.9. The summed E-state index contributed by atoms with van der Waals surface area (Å²) in [5.74, 6) is -0.0653. The largest absolute Gasteiger partial charge is 0.507 e. The number of benzene rings is 4. The maximum atomic E-state index is 12.2. The highest BCUT2D eigenvalue weighted by molar-refractivity contribution is 6.31. The molecule has 0 amide bonds. The first-order chi connectivity index (χ1) is 10.2. The van der Waals surface area contributed by atoms with Crippen molar-refractivity contribution in [1.82, 2.24) is 0 Å². The molecule has 0 unspecified atom stereocenters. The molecule has 4 aromatic rings. The molecule has 0 heterocycles. The van der Waals surface area contributed by atoms with Gasteiger partial charge in [-0.3, -0.25) is 4.79 Å². The summed E-state index contributed by atoms with van der Waals surface area (Å²) in [6.07, 6.45) is 1.31. The van der Waals surface area contributed by atoms with E-state index in [0.29, 0.717) is 5.56 Å². The number of rotatable bonds is 0. The lowest BCUT2D eigenvalue weighted by molar-refractivity contribution is 0.104. The fraction of sp³-hybridized carbons (Fsp3) is 0. The highest BCUT2D eigenvalue weighted by atomic mass is 16.3. The van der Waals surface area contributed by atoms with Crippen molar-refractivity contribution in [3.63, 3.8) is 0 Å². The smallest absolute Gasteiger partial charge is 0.190 e. The van der Waals surface area contributed by atoms with Gasteiger partial charge in [-0.25, -0.2) is 0 Å². The summed E-state index contributed by atoms with van der Waals surface area (Å²) < 4.78 is 0. The maximum absolute atomic E-state index is 12.2. The van der Waals surface area contributed by atoms with Gasteiger partial charge in [-0.15, -0.1) is 0 Å². The van der Waals surface area contributed by atoms with Crippen LogP contribution in [0.4, 0.5) is 0 Å². The molecule has 0 aliphatic heterocycles. The number of ketones is 1. The Bertz CT molecular complexity index is 1100. The van der Waals surface area contributed by atoms with Gasteiger partial charge in [0.1, 0.15) is 5.76 Å². The van der Waals surface area contributed by atoms with Gasteiger partial charge >= 0.3 is 0 Å². The second kappa shape index (κ2) is 3.41. The molecule has 0 radical (unpaired) electrons. The lowest BCUT2D eigenvalue weighted by atomic mass is 9.85. The highest BCUT2D eigenvalue weighted by Crippen LogP contribution is 2.41. The van der Waals surface area contributed by atoms with Crippen molar-refractivity contribution < 1.29 is 9.90 Å². The molecule has 1 N–H and O–H groups in total. The molecule has 98 valence electrons. The number of hydrogen-bond donors (Lipinski definition) is 1. The molecule has 2 nitrogen and oxygen atoms in total. The first-order valence-electron chi connectivity index (χ1n) is 6.90. The normalized spacial score (nSPS) is 14.3. The number of allylic oxidation sites excluding steroid dienone is 1. The molecule has 4 aromatic carbocycles. The van der Waals surface area contributed by atoms with Gasteiger partial charge in [-0.05, 0) is 39.1 Å². The maximum Gasteiger partial charge on any atom is 0.190 e. The van der Waals surface area contributed by atoms with Gasteiger partial charge in [0.15, 0.2) is 5.78 Å². The van der Waals surface area contributed by atoms with E-state index in [1.54, 1.807) is 0 Å². The minimum absolute atomic E-state index is 0.0616. The molecular formula is C19H10O2. The number of hydrogen-bond acceptors (Lipinski definition) is 2. The summed E-state index contributed by atoms with van der Waals surface area (Å²) in [6, 6.07) is 16.1. The molecule has 1 aliphatic carbocycles. The van der Waals surface area contributed by atoms with Crippen LogP contribution < -0.4 is 0 Å².